The van der Waals surface area contributed by atoms with Crippen LogP contribution in [0.4, 0.5) is 0 Å². The SMILES string of the molecule is O=S(=O)(CC[NH+]1CC[NH+](Cc2cccc(Cl)c2)CC1)Oc1ccccc1. The molecular weight excluding hydrogens is 372 g/mol. The number of benzene rings is 2. The van der Waals surface area contributed by atoms with E-state index < -0.39 is 10.1 Å². The summed E-state index contributed by atoms with van der Waals surface area (Å²) < 4.78 is 29.4. The largest absolute Gasteiger partial charge is 0.382 e. The van der Waals surface area contributed by atoms with Gasteiger partial charge in [-0.15, -0.1) is 0 Å². The van der Waals surface area contributed by atoms with E-state index in [-0.39, 0.29) is 5.75 Å². The van der Waals surface area contributed by atoms with Gasteiger partial charge in [-0.1, -0.05) is 41.9 Å². The molecule has 1 aliphatic heterocycles. The average Bonchev–Trinajstić information content (AvgIpc) is 2.62. The minimum atomic E-state index is -3.54. The monoisotopic (exact) mass is 396 g/mol. The van der Waals surface area contributed by atoms with Gasteiger partial charge in [0.05, 0.1) is 6.54 Å². The number of hydrogen-bond acceptors (Lipinski definition) is 3. The molecule has 26 heavy (non-hydrogen) atoms. The Morgan fingerprint density at radius 1 is 0.923 bits per heavy atom. The van der Waals surface area contributed by atoms with Crippen molar-refractivity contribution in [3.8, 4) is 5.75 Å². The van der Waals surface area contributed by atoms with Gasteiger partial charge >= 0.3 is 10.1 Å². The molecule has 1 heterocycles. The van der Waals surface area contributed by atoms with Crippen LogP contribution in [0.5, 0.6) is 5.75 Å². The van der Waals surface area contributed by atoms with Crippen molar-refractivity contribution in [2.24, 2.45) is 0 Å². The zero-order valence-corrected chi connectivity index (χ0v) is 16.2. The molecule has 140 valence electrons. The van der Waals surface area contributed by atoms with Crippen molar-refractivity contribution in [1.82, 2.24) is 0 Å². The number of para-hydroxylation sites is 1. The minimum Gasteiger partial charge on any atom is -0.382 e. The zero-order valence-electron chi connectivity index (χ0n) is 14.7. The van der Waals surface area contributed by atoms with Crippen molar-refractivity contribution in [3.05, 3.63) is 65.2 Å². The lowest BCUT2D eigenvalue weighted by Crippen LogP contribution is -3.27. The lowest BCUT2D eigenvalue weighted by molar-refractivity contribution is -1.02. The van der Waals surface area contributed by atoms with Crippen LogP contribution in [0.1, 0.15) is 5.56 Å². The Kier molecular flexibility index (Phi) is 6.53. The highest BCUT2D eigenvalue weighted by Crippen LogP contribution is 2.11. The van der Waals surface area contributed by atoms with Crippen molar-refractivity contribution in [3.63, 3.8) is 0 Å². The van der Waals surface area contributed by atoms with Gasteiger partial charge in [0.25, 0.3) is 0 Å². The first kappa shape index (κ1) is 19.2. The van der Waals surface area contributed by atoms with Gasteiger partial charge in [-0.3, -0.25) is 0 Å². The van der Waals surface area contributed by atoms with E-state index in [1.165, 1.54) is 15.4 Å². The van der Waals surface area contributed by atoms with Crippen LogP contribution in [-0.4, -0.2) is 46.9 Å². The normalized spacial score (nSPS) is 20.7. The Hall–Kier alpha value is -1.60. The first-order valence-electron chi connectivity index (χ1n) is 8.89. The van der Waals surface area contributed by atoms with E-state index >= 15 is 0 Å². The number of halogens is 1. The molecule has 0 radical (unpaired) electrons. The molecule has 2 aromatic rings. The number of rotatable bonds is 7. The Labute approximate surface area is 160 Å². The minimum absolute atomic E-state index is 0.0425. The summed E-state index contributed by atoms with van der Waals surface area (Å²) in [5.41, 5.74) is 1.25. The molecule has 0 aliphatic carbocycles. The molecular formula is C19H25ClN2O3S+2. The maximum absolute atomic E-state index is 12.1. The lowest BCUT2D eigenvalue weighted by atomic mass is 10.2. The van der Waals surface area contributed by atoms with E-state index in [2.05, 4.69) is 6.07 Å². The zero-order chi connectivity index (χ0) is 18.4. The third-order valence-corrected chi connectivity index (χ3v) is 6.06. The van der Waals surface area contributed by atoms with E-state index in [9.17, 15) is 8.42 Å². The van der Waals surface area contributed by atoms with Crippen LogP contribution in [-0.2, 0) is 16.7 Å². The molecule has 1 saturated heterocycles. The number of nitrogens with one attached hydrogen (secondary N) is 2. The van der Waals surface area contributed by atoms with Crippen LogP contribution in [0.15, 0.2) is 54.6 Å². The summed E-state index contributed by atoms with van der Waals surface area (Å²) in [6.07, 6.45) is 0. The average molecular weight is 397 g/mol. The fraction of sp³-hybridized carbons (Fsp3) is 0.368. The highest BCUT2D eigenvalue weighted by molar-refractivity contribution is 7.87. The Balaban J connectivity index is 1.42. The molecule has 0 spiro atoms. The Bertz CT molecular complexity index is 807. The highest BCUT2D eigenvalue weighted by atomic mass is 35.5. The summed E-state index contributed by atoms with van der Waals surface area (Å²) in [6.45, 7) is 5.54. The van der Waals surface area contributed by atoms with Gasteiger partial charge in [0.2, 0.25) is 0 Å². The maximum atomic E-state index is 12.1. The fourth-order valence-corrected chi connectivity index (χ4v) is 4.49. The van der Waals surface area contributed by atoms with Gasteiger partial charge in [-0.25, -0.2) is 0 Å². The van der Waals surface area contributed by atoms with Crippen LogP contribution in [0.25, 0.3) is 0 Å². The summed E-state index contributed by atoms with van der Waals surface area (Å²) in [6, 6.07) is 16.7. The molecule has 0 unspecified atom stereocenters. The van der Waals surface area contributed by atoms with E-state index in [1.54, 1.807) is 24.3 Å². The molecule has 0 atom stereocenters. The third kappa shape index (κ3) is 5.99. The highest BCUT2D eigenvalue weighted by Gasteiger charge is 2.25. The molecule has 2 aromatic carbocycles. The number of piperazine rings is 1. The molecule has 0 bridgehead atoms. The summed E-state index contributed by atoms with van der Waals surface area (Å²) in [7, 11) is -3.54. The van der Waals surface area contributed by atoms with Crippen LogP contribution in [0.2, 0.25) is 5.02 Å². The summed E-state index contributed by atoms with van der Waals surface area (Å²) in [5, 5.41) is 0.773. The molecule has 1 fully saturated rings. The number of hydrogen-bond donors (Lipinski definition) is 2. The van der Waals surface area contributed by atoms with Crippen molar-refractivity contribution < 1.29 is 22.4 Å². The van der Waals surface area contributed by atoms with Crippen LogP contribution < -0.4 is 14.0 Å². The fourth-order valence-electron chi connectivity index (χ4n) is 3.25. The van der Waals surface area contributed by atoms with Gasteiger partial charge < -0.3 is 14.0 Å². The van der Waals surface area contributed by atoms with Crippen molar-refractivity contribution in [2.45, 2.75) is 6.54 Å². The van der Waals surface area contributed by atoms with Gasteiger partial charge in [0, 0.05) is 10.6 Å². The Morgan fingerprint density at radius 2 is 1.62 bits per heavy atom. The van der Waals surface area contributed by atoms with E-state index in [0.717, 1.165) is 37.7 Å². The van der Waals surface area contributed by atoms with Crippen LogP contribution >= 0.6 is 11.6 Å². The molecule has 2 N–H and O–H groups in total. The molecule has 5 nitrogen and oxygen atoms in total. The van der Waals surface area contributed by atoms with Gasteiger partial charge in [0.1, 0.15) is 44.2 Å². The third-order valence-electron chi connectivity index (χ3n) is 4.68. The van der Waals surface area contributed by atoms with Crippen molar-refractivity contribution in [2.75, 3.05) is 38.5 Å². The smallest absolute Gasteiger partial charge is 0.314 e. The topological polar surface area (TPSA) is 52.2 Å². The quantitative estimate of drug-likeness (QED) is 0.649. The van der Waals surface area contributed by atoms with Crippen LogP contribution in [0.3, 0.4) is 0 Å². The predicted octanol–water partition coefficient (Wildman–Crippen LogP) is 0.0322. The van der Waals surface area contributed by atoms with Gasteiger partial charge in [-0.2, -0.15) is 8.42 Å². The van der Waals surface area contributed by atoms with Crippen molar-refractivity contribution >= 4 is 21.7 Å². The standard InChI is InChI=1S/C19H23ClN2O3S/c20-18-6-4-5-17(15-18)16-22-11-9-21(10-12-22)13-14-26(23,24)25-19-7-2-1-3-8-19/h1-8,15H,9-14,16H2/p+2. The first-order chi connectivity index (χ1) is 12.5. The second-order valence-electron chi connectivity index (χ2n) is 6.71. The molecule has 3 rings (SSSR count). The predicted molar refractivity (Wildman–Crippen MR) is 102 cm³/mol. The molecule has 1 aliphatic rings. The summed E-state index contributed by atoms with van der Waals surface area (Å²) in [5.74, 6) is 0.416. The molecule has 0 aromatic heterocycles. The second-order valence-corrected chi connectivity index (χ2v) is 8.84. The second kappa shape index (κ2) is 8.86. The molecule has 0 amide bonds. The maximum Gasteiger partial charge on any atom is 0.314 e. The lowest BCUT2D eigenvalue weighted by Gasteiger charge is -2.29. The van der Waals surface area contributed by atoms with Crippen molar-refractivity contribution in [1.29, 1.82) is 0 Å². The van der Waals surface area contributed by atoms with Gasteiger partial charge in [-0.05, 0) is 24.3 Å². The molecule has 0 saturated carbocycles. The first-order valence-corrected chi connectivity index (χ1v) is 10.8. The number of quaternary nitrogens is 2. The van der Waals surface area contributed by atoms with Gasteiger partial charge in [0.15, 0.2) is 0 Å². The Morgan fingerprint density at radius 3 is 2.31 bits per heavy atom. The van der Waals surface area contributed by atoms with E-state index in [1.807, 2.05) is 24.3 Å². The summed E-state index contributed by atoms with van der Waals surface area (Å²) in [4.78, 5) is 2.83. The van der Waals surface area contributed by atoms with E-state index in [0.29, 0.717) is 12.3 Å². The van der Waals surface area contributed by atoms with E-state index in [4.69, 9.17) is 15.8 Å². The van der Waals surface area contributed by atoms with Crippen LogP contribution in [0, 0.1) is 0 Å². The summed E-state index contributed by atoms with van der Waals surface area (Å²) >= 11 is 6.05. The molecule has 7 heteroatoms.